The van der Waals surface area contributed by atoms with E-state index in [9.17, 15) is 8.42 Å². The van der Waals surface area contributed by atoms with Gasteiger partial charge in [-0.15, -0.1) is 22.7 Å². The van der Waals surface area contributed by atoms with Crippen molar-refractivity contribution in [2.75, 3.05) is 4.72 Å². The molecule has 3 aromatic heterocycles. The summed E-state index contributed by atoms with van der Waals surface area (Å²) in [5.41, 5.74) is 4.16. The molecule has 35 heavy (non-hydrogen) atoms. The highest BCUT2D eigenvalue weighted by Crippen LogP contribution is 2.36. The van der Waals surface area contributed by atoms with Gasteiger partial charge in [0, 0.05) is 17.4 Å². The first-order valence-corrected chi connectivity index (χ1v) is 14.8. The van der Waals surface area contributed by atoms with Gasteiger partial charge in [0.2, 0.25) is 0 Å². The zero-order valence-electron chi connectivity index (χ0n) is 19.1. The molecule has 1 aliphatic rings. The van der Waals surface area contributed by atoms with Gasteiger partial charge in [0.25, 0.3) is 10.0 Å². The molecule has 3 heterocycles. The van der Waals surface area contributed by atoms with E-state index in [1.165, 1.54) is 16.9 Å². The van der Waals surface area contributed by atoms with Crippen LogP contribution in [0.3, 0.4) is 0 Å². The van der Waals surface area contributed by atoms with Crippen molar-refractivity contribution in [3.8, 4) is 21.1 Å². The highest BCUT2D eigenvalue weighted by Gasteiger charge is 2.27. The smallest absolute Gasteiger partial charge is 0.265 e. The van der Waals surface area contributed by atoms with Gasteiger partial charge in [0.15, 0.2) is 0 Å². The summed E-state index contributed by atoms with van der Waals surface area (Å²) in [7, 11) is -3.82. The van der Waals surface area contributed by atoms with Crippen LogP contribution in [-0.2, 0) is 10.0 Å². The third-order valence-electron chi connectivity index (χ3n) is 6.37. The van der Waals surface area contributed by atoms with Crippen molar-refractivity contribution in [2.24, 2.45) is 0 Å². The molecule has 0 aliphatic heterocycles. The number of nitrogens with zero attached hydrogens (tertiary/aromatic N) is 3. The van der Waals surface area contributed by atoms with E-state index >= 15 is 0 Å². The number of rotatable bonds is 6. The minimum absolute atomic E-state index is 0.220. The molecule has 6 nitrogen and oxygen atoms in total. The van der Waals surface area contributed by atoms with Gasteiger partial charge in [-0.1, -0.05) is 25.0 Å². The Morgan fingerprint density at radius 3 is 2.60 bits per heavy atom. The standard InChI is InChI=1S/C26H24N4O2S3/c1-17-8-13-21-23(15-17)34-26(27-21)18-9-11-19(12-10-18)29-35(31,32)24-16-30(20-5-2-3-6-20)28-25(24)22-7-4-14-33-22/h4,7-16,20,29H,2-3,5-6H2,1H3. The molecular formula is C26H24N4O2S3. The molecule has 0 bridgehead atoms. The van der Waals surface area contributed by atoms with Gasteiger partial charge >= 0.3 is 0 Å². The Hall–Kier alpha value is -3.01. The summed E-state index contributed by atoms with van der Waals surface area (Å²) in [6.07, 6.45) is 6.07. The fraction of sp³-hybridized carbons (Fsp3) is 0.231. The molecule has 1 N–H and O–H groups in total. The molecule has 0 spiro atoms. The molecule has 9 heteroatoms. The number of thiophene rings is 1. The maximum Gasteiger partial charge on any atom is 0.265 e. The van der Waals surface area contributed by atoms with Crippen molar-refractivity contribution in [2.45, 2.75) is 43.5 Å². The normalized spacial score (nSPS) is 14.7. The van der Waals surface area contributed by atoms with Gasteiger partial charge in [-0.05, 0) is 73.2 Å². The number of hydrogen-bond donors (Lipinski definition) is 1. The van der Waals surface area contributed by atoms with E-state index in [4.69, 9.17) is 10.1 Å². The monoisotopic (exact) mass is 520 g/mol. The average Bonchev–Trinajstić information content (AvgIpc) is 3.64. The molecule has 0 unspecified atom stereocenters. The molecule has 6 rings (SSSR count). The maximum atomic E-state index is 13.5. The van der Waals surface area contributed by atoms with E-state index in [1.807, 2.05) is 40.4 Å². The summed E-state index contributed by atoms with van der Waals surface area (Å²) in [5.74, 6) is 0. The van der Waals surface area contributed by atoms with Crippen molar-refractivity contribution in [3.63, 3.8) is 0 Å². The minimum Gasteiger partial charge on any atom is -0.280 e. The first-order valence-electron chi connectivity index (χ1n) is 11.6. The van der Waals surface area contributed by atoms with E-state index < -0.39 is 10.0 Å². The minimum atomic E-state index is -3.82. The second-order valence-corrected chi connectivity index (χ2v) is 12.5. The summed E-state index contributed by atoms with van der Waals surface area (Å²) < 4.78 is 32.7. The number of fused-ring (bicyclic) bond motifs is 1. The predicted molar refractivity (Wildman–Crippen MR) is 144 cm³/mol. The van der Waals surface area contributed by atoms with Crippen LogP contribution in [0.15, 0.2) is 71.1 Å². The number of hydrogen-bond acceptors (Lipinski definition) is 6. The zero-order chi connectivity index (χ0) is 24.0. The second-order valence-electron chi connectivity index (χ2n) is 8.91. The molecule has 0 atom stereocenters. The van der Waals surface area contributed by atoms with Gasteiger partial charge < -0.3 is 0 Å². The van der Waals surface area contributed by atoms with Gasteiger partial charge in [0.05, 0.1) is 21.1 Å². The summed E-state index contributed by atoms with van der Waals surface area (Å²) >= 11 is 3.13. The fourth-order valence-electron chi connectivity index (χ4n) is 4.56. The van der Waals surface area contributed by atoms with Crippen LogP contribution in [0.25, 0.3) is 31.4 Å². The SMILES string of the molecule is Cc1ccc2nc(-c3ccc(NS(=O)(=O)c4cn(C5CCCC5)nc4-c4cccs4)cc3)sc2c1. The van der Waals surface area contributed by atoms with Crippen molar-refractivity contribution < 1.29 is 8.42 Å². The lowest BCUT2D eigenvalue weighted by molar-refractivity contribution is 0.467. The number of aromatic nitrogens is 3. The van der Waals surface area contributed by atoms with Crippen molar-refractivity contribution in [3.05, 3.63) is 71.7 Å². The number of benzene rings is 2. The molecular weight excluding hydrogens is 497 g/mol. The molecule has 178 valence electrons. The quantitative estimate of drug-likeness (QED) is 0.259. The van der Waals surface area contributed by atoms with Crippen LogP contribution >= 0.6 is 22.7 Å². The first-order chi connectivity index (χ1) is 17.0. The maximum absolute atomic E-state index is 13.5. The van der Waals surface area contributed by atoms with E-state index in [2.05, 4.69) is 23.8 Å². The van der Waals surface area contributed by atoms with E-state index in [1.54, 1.807) is 29.7 Å². The van der Waals surface area contributed by atoms with Crippen LogP contribution in [0.1, 0.15) is 37.3 Å². The molecule has 0 saturated heterocycles. The van der Waals surface area contributed by atoms with Crippen molar-refractivity contribution in [1.82, 2.24) is 14.8 Å². The molecule has 2 aromatic carbocycles. The van der Waals surface area contributed by atoms with E-state index in [-0.39, 0.29) is 10.9 Å². The number of aryl methyl sites for hydroxylation is 1. The van der Waals surface area contributed by atoms with Gasteiger partial charge in [-0.3, -0.25) is 9.40 Å². The number of anilines is 1. The van der Waals surface area contributed by atoms with Gasteiger partial charge in [-0.25, -0.2) is 13.4 Å². The van der Waals surface area contributed by atoms with Crippen LogP contribution in [0.5, 0.6) is 0 Å². The number of nitrogens with one attached hydrogen (secondary N) is 1. The zero-order valence-corrected chi connectivity index (χ0v) is 21.6. The molecule has 0 amide bonds. The highest BCUT2D eigenvalue weighted by atomic mass is 32.2. The predicted octanol–water partition coefficient (Wildman–Crippen LogP) is 7.11. The Morgan fingerprint density at radius 1 is 1.06 bits per heavy atom. The lowest BCUT2D eigenvalue weighted by Gasteiger charge is -2.09. The molecule has 1 saturated carbocycles. The van der Waals surface area contributed by atoms with Crippen LogP contribution in [0, 0.1) is 6.92 Å². The van der Waals surface area contributed by atoms with Crippen molar-refractivity contribution >= 4 is 48.6 Å². The molecule has 5 aromatic rings. The molecule has 0 radical (unpaired) electrons. The largest absolute Gasteiger partial charge is 0.280 e. The highest BCUT2D eigenvalue weighted by molar-refractivity contribution is 7.92. The number of thiazole rings is 1. The van der Waals surface area contributed by atoms with Gasteiger partial charge in [-0.2, -0.15) is 5.10 Å². The average molecular weight is 521 g/mol. The van der Waals surface area contributed by atoms with Crippen molar-refractivity contribution in [1.29, 1.82) is 0 Å². The Morgan fingerprint density at radius 2 is 1.86 bits per heavy atom. The van der Waals surface area contributed by atoms with Crippen LogP contribution in [0.4, 0.5) is 5.69 Å². The Bertz CT molecular complexity index is 1590. The number of sulfonamides is 1. The fourth-order valence-corrected chi connectivity index (χ4v) is 7.62. The second kappa shape index (κ2) is 8.89. The molecule has 1 fully saturated rings. The topological polar surface area (TPSA) is 76.9 Å². The van der Waals surface area contributed by atoms with Gasteiger partial charge in [0.1, 0.15) is 15.6 Å². The van der Waals surface area contributed by atoms with Crippen LogP contribution in [0.2, 0.25) is 0 Å². The summed E-state index contributed by atoms with van der Waals surface area (Å²) in [4.78, 5) is 5.80. The summed E-state index contributed by atoms with van der Waals surface area (Å²) in [6.45, 7) is 2.07. The Labute approximate surface area is 212 Å². The summed E-state index contributed by atoms with van der Waals surface area (Å²) in [6, 6.07) is 17.7. The Kier molecular flexibility index (Phi) is 5.70. The van der Waals surface area contributed by atoms with E-state index in [0.29, 0.717) is 11.4 Å². The summed E-state index contributed by atoms with van der Waals surface area (Å²) in [5, 5.41) is 7.58. The van der Waals surface area contributed by atoms with Crippen LogP contribution < -0.4 is 4.72 Å². The van der Waals surface area contributed by atoms with E-state index in [0.717, 1.165) is 51.3 Å². The lowest BCUT2D eigenvalue weighted by Crippen LogP contribution is -2.13. The van der Waals surface area contributed by atoms with Crippen LogP contribution in [-0.4, -0.2) is 23.2 Å². The third kappa shape index (κ3) is 4.39. The molecule has 1 aliphatic carbocycles. The third-order valence-corrected chi connectivity index (χ3v) is 9.70. The lowest BCUT2D eigenvalue weighted by atomic mass is 10.2. The first kappa shape index (κ1) is 22.5. The Balaban J connectivity index is 1.29.